The summed E-state index contributed by atoms with van der Waals surface area (Å²) in [6, 6.07) is 0. The highest BCUT2D eigenvalue weighted by atomic mass is 16.6. The van der Waals surface area contributed by atoms with Crippen LogP contribution in [-0.2, 0) is 9.53 Å². The Labute approximate surface area is 140 Å². The van der Waals surface area contributed by atoms with Crippen LogP contribution in [0.2, 0.25) is 0 Å². The Bertz CT molecular complexity index is 519. The highest BCUT2D eigenvalue weighted by molar-refractivity contribution is 5.73. The Morgan fingerprint density at radius 3 is 2.91 bits per heavy atom. The topological polar surface area (TPSA) is 49.8 Å². The Morgan fingerprint density at radius 2 is 2.26 bits per heavy atom. The van der Waals surface area contributed by atoms with E-state index in [2.05, 4.69) is 38.7 Å². The molecule has 2 aliphatic rings. The molecule has 0 unspecified atom stereocenters. The van der Waals surface area contributed by atoms with Crippen molar-refractivity contribution in [1.82, 2.24) is 0 Å². The summed E-state index contributed by atoms with van der Waals surface area (Å²) in [5.74, 6) is 0. The average molecular weight is 318 g/mol. The van der Waals surface area contributed by atoms with Crippen molar-refractivity contribution in [3.05, 3.63) is 36.0 Å². The summed E-state index contributed by atoms with van der Waals surface area (Å²) in [5, 5.41) is 10.0. The van der Waals surface area contributed by atoms with Crippen LogP contribution in [0.5, 0.6) is 0 Å². The fraction of sp³-hybridized carbons (Fsp3) is 0.650. The molecule has 2 rings (SSSR count). The molecule has 0 radical (unpaired) electrons. The van der Waals surface area contributed by atoms with Crippen molar-refractivity contribution < 1.29 is 14.6 Å². The zero-order valence-electron chi connectivity index (χ0n) is 14.7. The Kier molecular flexibility index (Phi) is 5.64. The largest absolute Gasteiger partial charge is 0.389 e. The minimum Gasteiger partial charge on any atom is -0.389 e. The first-order chi connectivity index (χ1) is 10.8. The molecule has 4 atom stereocenters. The summed E-state index contributed by atoms with van der Waals surface area (Å²) in [7, 11) is 0. The zero-order valence-corrected chi connectivity index (χ0v) is 14.7. The van der Waals surface area contributed by atoms with Crippen molar-refractivity contribution in [1.29, 1.82) is 0 Å². The van der Waals surface area contributed by atoms with E-state index in [1.54, 1.807) is 0 Å². The third-order valence-corrected chi connectivity index (χ3v) is 5.31. The molecule has 0 aromatic carbocycles. The molecule has 1 aliphatic heterocycles. The third-order valence-electron chi connectivity index (χ3n) is 5.31. The van der Waals surface area contributed by atoms with E-state index in [9.17, 15) is 9.90 Å². The molecule has 3 heteroatoms. The SMILES string of the molecule is C=C(C)[C@@H](O)CC[C@]1(C)/C=C\C[C@@]2(C)O[C@H]2CC/C(C=O)=C\C1. The molecule has 1 N–H and O–H groups in total. The van der Waals surface area contributed by atoms with E-state index in [4.69, 9.17) is 4.74 Å². The molecule has 1 saturated heterocycles. The van der Waals surface area contributed by atoms with Crippen LogP contribution in [0, 0.1) is 5.41 Å². The number of carbonyl (C=O) groups excluding carboxylic acids is 1. The lowest BCUT2D eigenvalue weighted by Crippen LogP contribution is -2.18. The standard InChI is InChI=1S/C20H30O3/c1-15(2)17(22)9-13-19(3)10-5-11-20(4)18(23-20)7-6-16(14-21)8-12-19/h5,8,10,14,17-18,22H,1,6-7,9,11-13H2,2-4H3/b10-5-,16-8+/t17-,18-,19+,20+/m0/s1. The first-order valence-corrected chi connectivity index (χ1v) is 8.61. The van der Waals surface area contributed by atoms with Gasteiger partial charge in [0.15, 0.2) is 0 Å². The summed E-state index contributed by atoms with van der Waals surface area (Å²) >= 11 is 0. The van der Waals surface area contributed by atoms with Gasteiger partial charge in [-0.1, -0.05) is 37.3 Å². The third kappa shape index (κ3) is 4.89. The van der Waals surface area contributed by atoms with Crippen LogP contribution in [0.25, 0.3) is 0 Å². The normalized spacial score (nSPS) is 39.1. The fourth-order valence-corrected chi connectivity index (χ4v) is 3.25. The van der Waals surface area contributed by atoms with Crippen LogP contribution in [0.3, 0.4) is 0 Å². The quantitative estimate of drug-likeness (QED) is 0.471. The molecule has 0 aromatic rings. The highest BCUT2D eigenvalue weighted by Crippen LogP contribution is 2.44. The number of carbonyl (C=O) groups is 1. The van der Waals surface area contributed by atoms with Crippen LogP contribution in [0.4, 0.5) is 0 Å². The summed E-state index contributed by atoms with van der Waals surface area (Å²) in [5.41, 5.74) is 1.55. The Balaban J connectivity index is 2.12. The van der Waals surface area contributed by atoms with E-state index < -0.39 is 6.10 Å². The number of aldehydes is 1. The molecule has 0 aromatic heterocycles. The summed E-state index contributed by atoms with van der Waals surface area (Å²) < 4.78 is 5.82. The second kappa shape index (κ2) is 7.14. The second-order valence-electron chi connectivity index (χ2n) is 7.72. The van der Waals surface area contributed by atoms with Gasteiger partial charge in [-0.2, -0.15) is 0 Å². The van der Waals surface area contributed by atoms with E-state index in [0.717, 1.165) is 49.5 Å². The monoisotopic (exact) mass is 318 g/mol. The molecular weight excluding hydrogens is 288 g/mol. The first-order valence-electron chi connectivity index (χ1n) is 8.61. The lowest BCUT2D eigenvalue weighted by molar-refractivity contribution is -0.105. The molecule has 3 nitrogen and oxygen atoms in total. The maximum Gasteiger partial charge on any atom is 0.145 e. The van der Waals surface area contributed by atoms with Crippen LogP contribution in [0.1, 0.15) is 59.3 Å². The molecule has 0 bridgehead atoms. The number of aliphatic hydroxyl groups excluding tert-OH is 1. The smallest absolute Gasteiger partial charge is 0.145 e. The summed E-state index contributed by atoms with van der Waals surface area (Å²) in [6.45, 7) is 10.0. The molecule has 0 saturated carbocycles. The lowest BCUT2D eigenvalue weighted by atomic mass is 9.79. The van der Waals surface area contributed by atoms with E-state index >= 15 is 0 Å². The maximum absolute atomic E-state index is 11.3. The number of aliphatic hydroxyl groups is 1. The number of ether oxygens (including phenoxy) is 1. The van der Waals surface area contributed by atoms with Crippen LogP contribution in [-0.4, -0.2) is 29.2 Å². The fourth-order valence-electron chi connectivity index (χ4n) is 3.25. The van der Waals surface area contributed by atoms with Gasteiger partial charge in [0.2, 0.25) is 0 Å². The van der Waals surface area contributed by atoms with Crippen molar-refractivity contribution >= 4 is 6.29 Å². The van der Waals surface area contributed by atoms with E-state index in [-0.39, 0.29) is 17.1 Å². The van der Waals surface area contributed by atoms with Gasteiger partial charge < -0.3 is 9.84 Å². The number of hydrogen-bond donors (Lipinski definition) is 1. The van der Waals surface area contributed by atoms with Crippen molar-refractivity contribution in [2.75, 3.05) is 0 Å². The molecular formula is C20H30O3. The summed E-state index contributed by atoms with van der Waals surface area (Å²) in [6.07, 6.45) is 12.3. The van der Waals surface area contributed by atoms with Gasteiger partial charge in [0.1, 0.15) is 6.29 Å². The lowest BCUT2D eigenvalue weighted by Gasteiger charge is -2.26. The van der Waals surface area contributed by atoms with Crippen LogP contribution >= 0.6 is 0 Å². The highest BCUT2D eigenvalue weighted by Gasteiger charge is 2.50. The van der Waals surface area contributed by atoms with E-state index in [1.807, 2.05) is 6.92 Å². The van der Waals surface area contributed by atoms with Crippen molar-refractivity contribution in [2.45, 2.75) is 77.1 Å². The van der Waals surface area contributed by atoms with Gasteiger partial charge in [0.05, 0.1) is 17.8 Å². The Morgan fingerprint density at radius 1 is 1.52 bits per heavy atom. The zero-order chi connectivity index (χ0) is 17.1. The van der Waals surface area contributed by atoms with Gasteiger partial charge in [-0.05, 0) is 63.4 Å². The predicted molar refractivity (Wildman–Crippen MR) is 93.2 cm³/mol. The van der Waals surface area contributed by atoms with E-state index in [1.165, 1.54) is 0 Å². The molecule has 128 valence electrons. The summed E-state index contributed by atoms with van der Waals surface area (Å²) in [4.78, 5) is 11.3. The average Bonchev–Trinajstić information content (AvgIpc) is 3.14. The molecule has 0 spiro atoms. The molecule has 1 heterocycles. The van der Waals surface area contributed by atoms with Gasteiger partial charge in [0, 0.05) is 0 Å². The van der Waals surface area contributed by atoms with Gasteiger partial charge in [-0.3, -0.25) is 4.79 Å². The molecule has 0 amide bonds. The number of rotatable bonds is 5. The Hall–Kier alpha value is -1.19. The predicted octanol–water partition coefficient (Wildman–Crippen LogP) is 4.12. The van der Waals surface area contributed by atoms with Gasteiger partial charge in [-0.25, -0.2) is 0 Å². The van der Waals surface area contributed by atoms with Crippen molar-refractivity contribution in [3.63, 3.8) is 0 Å². The maximum atomic E-state index is 11.3. The van der Waals surface area contributed by atoms with Crippen molar-refractivity contribution in [3.8, 4) is 0 Å². The van der Waals surface area contributed by atoms with Gasteiger partial charge in [0.25, 0.3) is 0 Å². The van der Waals surface area contributed by atoms with Crippen LogP contribution < -0.4 is 0 Å². The van der Waals surface area contributed by atoms with Crippen LogP contribution in [0.15, 0.2) is 36.0 Å². The van der Waals surface area contributed by atoms with Gasteiger partial charge in [-0.15, -0.1) is 0 Å². The number of hydrogen-bond acceptors (Lipinski definition) is 3. The second-order valence-corrected chi connectivity index (χ2v) is 7.72. The van der Waals surface area contributed by atoms with Gasteiger partial charge >= 0.3 is 0 Å². The minimum atomic E-state index is -0.457. The minimum absolute atomic E-state index is 0.0597. The van der Waals surface area contributed by atoms with Crippen molar-refractivity contribution in [2.24, 2.45) is 5.41 Å². The first kappa shape index (κ1) is 18.2. The number of fused-ring (bicyclic) bond motifs is 1. The molecule has 1 aliphatic carbocycles. The number of allylic oxidation sites excluding steroid dienone is 3. The number of epoxide rings is 1. The molecule has 23 heavy (non-hydrogen) atoms. The molecule has 1 fully saturated rings. The van der Waals surface area contributed by atoms with E-state index in [0.29, 0.717) is 6.42 Å².